The zero-order valence-electron chi connectivity index (χ0n) is 20.7. The number of nitrogens with zero attached hydrogens (tertiary/aromatic N) is 2. The third kappa shape index (κ3) is 7.90. The molecule has 0 fully saturated rings. The molecule has 198 valence electrons. The van der Waals surface area contributed by atoms with Crippen LogP contribution in [0, 0.1) is 0 Å². The van der Waals surface area contributed by atoms with Gasteiger partial charge in [0.15, 0.2) is 0 Å². The van der Waals surface area contributed by atoms with E-state index < -0.39 is 28.5 Å². The predicted molar refractivity (Wildman–Crippen MR) is 145 cm³/mol. The molecule has 0 bridgehead atoms. The molecule has 0 aliphatic rings. The second-order valence-corrected chi connectivity index (χ2v) is 11.6. The lowest BCUT2D eigenvalue weighted by atomic mass is 10.1. The summed E-state index contributed by atoms with van der Waals surface area (Å²) >= 11 is 18.4. The van der Waals surface area contributed by atoms with Crippen LogP contribution in [0.4, 0.5) is 5.69 Å². The first-order valence-electron chi connectivity index (χ1n) is 11.1. The molecule has 2 aromatic rings. The summed E-state index contributed by atoms with van der Waals surface area (Å²) in [6.45, 7) is 4.85. The zero-order valence-corrected chi connectivity index (χ0v) is 23.8. The fraction of sp³-hybridized carbons (Fsp3) is 0.417. The van der Waals surface area contributed by atoms with E-state index in [1.54, 1.807) is 31.2 Å². The number of hydrogen-bond donors (Lipinski definition) is 1. The van der Waals surface area contributed by atoms with E-state index in [2.05, 4.69) is 5.32 Å². The Morgan fingerprint density at radius 2 is 1.69 bits per heavy atom. The van der Waals surface area contributed by atoms with Crippen LogP contribution in [0.15, 0.2) is 36.4 Å². The van der Waals surface area contributed by atoms with E-state index in [1.807, 2.05) is 13.8 Å². The fourth-order valence-electron chi connectivity index (χ4n) is 3.57. The zero-order chi connectivity index (χ0) is 27.2. The monoisotopic (exact) mass is 577 g/mol. The highest BCUT2D eigenvalue weighted by molar-refractivity contribution is 7.92. The molecule has 1 atom stereocenters. The van der Waals surface area contributed by atoms with Gasteiger partial charge in [0.2, 0.25) is 21.8 Å². The van der Waals surface area contributed by atoms with Crippen molar-refractivity contribution in [2.24, 2.45) is 0 Å². The highest BCUT2D eigenvalue weighted by atomic mass is 35.5. The number of benzene rings is 2. The molecule has 0 aliphatic heterocycles. The summed E-state index contributed by atoms with van der Waals surface area (Å²) in [6, 6.07) is 8.66. The van der Waals surface area contributed by atoms with Gasteiger partial charge in [-0.2, -0.15) is 0 Å². The van der Waals surface area contributed by atoms with Crippen molar-refractivity contribution in [3.05, 3.63) is 57.0 Å². The van der Waals surface area contributed by atoms with Gasteiger partial charge in [-0.15, -0.1) is 0 Å². The van der Waals surface area contributed by atoms with Gasteiger partial charge in [-0.3, -0.25) is 13.9 Å². The molecule has 0 aromatic heterocycles. The number of hydrogen-bond acceptors (Lipinski definition) is 5. The number of carbonyl (C=O) groups excluding carboxylic acids is 2. The molecular weight excluding hydrogens is 549 g/mol. The maximum atomic E-state index is 13.7. The van der Waals surface area contributed by atoms with Crippen LogP contribution in [-0.4, -0.2) is 57.1 Å². The number of sulfonamides is 1. The van der Waals surface area contributed by atoms with Crippen LogP contribution in [0.1, 0.15) is 32.8 Å². The average molecular weight is 579 g/mol. The van der Waals surface area contributed by atoms with Gasteiger partial charge in [-0.1, -0.05) is 53.9 Å². The highest BCUT2D eigenvalue weighted by Gasteiger charge is 2.32. The Kier molecular flexibility index (Phi) is 10.7. The number of rotatable bonds is 11. The van der Waals surface area contributed by atoms with Crippen molar-refractivity contribution in [3.8, 4) is 5.75 Å². The van der Waals surface area contributed by atoms with Crippen LogP contribution in [-0.2, 0) is 26.2 Å². The third-order valence-corrected chi connectivity index (χ3v) is 7.39. The minimum absolute atomic E-state index is 0.00271. The predicted octanol–water partition coefficient (Wildman–Crippen LogP) is 4.75. The van der Waals surface area contributed by atoms with Crippen LogP contribution >= 0.6 is 34.8 Å². The minimum Gasteiger partial charge on any atom is -0.497 e. The first kappa shape index (κ1) is 30.0. The van der Waals surface area contributed by atoms with E-state index in [1.165, 1.54) is 24.1 Å². The molecule has 2 amide bonds. The van der Waals surface area contributed by atoms with Gasteiger partial charge in [-0.05, 0) is 50.1 Å². The van der Waals surface area contributed by atoms with Crippen LogP contribution in [0.3, 0.4) is 0 Å². The quantitative estimate of drug-likeness (QED) is 0.388. The molecule has 8 nitrogen and oxygen atoms in total. The number of nitrogens with one attached hydrogen (secondary N) is 1. The summed E-state index contributed by atoms with van der Waals surface area (Å²) < 4.78 is 31.6. The average Bonchev–Trinajstić information content (AvgIpc) is 2.78. The van der Waals surface area contributed by atoms with Gasteiger partial charge < -0.3 is 15.0 Å². The number of methoxy groups -OCH3 is 1. The van der Waals surface area contributed by atoms with E-state index in [9.17, 15) is 18.0 Å². The maximum Gasteiger partial charge on any atom is 0.244 e. The molecule has 0 spiro atoms. The minimum atomic E-state index is -3.97. The Morgan fingerprint density at radius 1 is 1.06 bits per heavy atom. The lowest BCUT2D eigenvalue weighted by Gasteiger charge is -2.33. The molecule has 2 rings (SSSR count). The lowest BCUT2D eigenvalue weighted by Crippen LogP contribution is -2.53. The molecular formula is C24H30Cl3N3O5S. The van der Waals surface area contributed by atoms with Gasteiger partial charge in [-0.25, -0.2) is 8.42 Å². The number of anilines is 1. The van der Waals surface area contributed by atoms with Gasteiger partial charge in [0.25, 0.3) is 0 Å². The van der Waals surface area contributed by atoms with E-state index in [0.717, 1.165) is 10.6 Å². The van der Waals surface area contributed by atoms with Crippen molar-refractivity contribution in [2.75, 3.05) is 24.2 Å². The summed E-state index contributed by atoms with van der Waals surface area (Å²) in [5.41, 5.74) is 0.708. The number of amides is 2. The molecule has 2 aromatic carbocycles. The topological polar surface area (TPSA) is 96.0 Å². The Labute approximate surface area is 227 Å². The first-order chi connectivity index (χ1) is 16.8. The molecule has 0 radical (unpaired) electrons. The lowest BCUT2D eigenvalue weighted by molar-refractivity contribution is -0.140. The largest absolute Gasteiger partial charge is 0.497 e. The van der Waals surface area contributed by atoms with Crippen molar-refractivity contribution in [1.82, 2.24) is 10.2 Å². The summed E-state index contributed by atoms with van der Waals surface area (Å²) in [6.07, 6.45) is 1.26. The first-order valence-corrected chi connectivity index (χ1v) is 14.1. The number of carbonyl (C=O) groups is 2. The third-order valence-electron chi connectivity index (χ3n) is 5.24. The Bertz CT molecular complexity index is 1210. The highest BCUT2D eigenvalue weighted by Crippen LogP contribution is 2.35. The van der Waals surface area contributed by atoms with Crippen LogP contribution < -0.4 is 14.4 Å². The summed E-state index contributed by atoms with van der Waals surface area (Å²) in [4.78, 5) is 28.1. The van der Waals surface area contributed by atoms with Crippen LogP contribution in [0.2, 0.25) is 15.1 Å². The SMILES string of the molecule is CC[C@@H](C(=O)NC(C)C)N(Cc1cccc(OC)c1)C(=O)CN(c1cc(Cl)c(Cl)cc1Cl)S(C)(=O)=O. The molecule has 0 saturated carbocycles. The van der Waals surface area contributed by atoms with Gasteiger partial charge >= 0.3 is 0 Å². The molecule has 0 saturated heterocycles. The Hall–Kier alpha value is -2.20. The molecule has 12 heteroatoms. The van der Waals surface area contributed by atoms with Crippen molar-refractivity contribution in [1.29, 1.82) is 0 Å². The van der Waals surface area contributed by atoms with E-state index >= 15 is 0 Å². The van der Waals surface area contributed by atoms with Crippen LogP contribution in [0.25, 0.3) is 0 Å². The molecule has 0 heterocycles. The van der Waals surface area contributed by atoms with E-state index in [-0.39, 0.29) is 39.2 Å². The van der Waals surface area contributed by atoms with E-state index in [4.69, 9.17) is 39.5 Å². The second kappa shape index (κ2) is 12.9. The van der Waals surface area contributed by atoms with Crippen molar-refractivity contribution < 1.29 is 22.7 Å². The summed E-state index contributed by atoms with van der Waals surface area (Å²) in [5, 5.41) is 3.06. The van der Waals surface area contributed by atoms with Crippen molar-refractivity contribution in [2.45, 2.75) is 45.8 Å². The van der Waals surface area contributed by atoms with Crippen molar-refractivity contribution in [3.63, 3.8) is 0 Å². The summed E-state index contributed by atoms with van der Waals surface area (Å²) in [5.74, 6) is -0.363. The second-order valence-electron chi connectivity index (χ2n) is 8.45. The summed E-state index contributed by atoms with van der Waals surface area (Å²) in [7, 11) is -2.45. The van der Waals surface area contributed by atoms with Gasteiger partial charge in [0.1, 0.15) is 18.3 Å². The molecule has 0 unspecified atom stereocenters. The molecule has 36 heavy (non-hydrogen) atoms. The standard InChI is InChI=1S/C24H30Cl3N3O5S/c1-6-21(24(32)28-15(2)3)29(13-16-8-7-9-17(10-16)35-4)23(31)14-30(36(5,33)34)22-12-19(26)18(25)11-20(22)27/h7-12,15,21H,6,13-14H2,1-5H3,(H,28,32)/t21-/m0/s1. The molecule has 0 aliphatic carbocycles. The number of halogens is 3. The normalized spacial score (nSPS) is 12.2. The Morgan fingerprint density at radius 3 is 2.25 bits per heavy atom. The van der Waals surface area contributed by atoms with Gasteiger partial charge in [0, 0.05) is 12.6 Å². The number of ether oxygens (including phenoxy) is 1. The van der Waals surface area contributed by atoms with Crippen LogP contribution in [0.5, 0.6) is 5.75 Å². The Balaban J connectivity index is 2.52. The van der Waals surface area contributed by atoms with E-state index in [0.29, 0.717) is 17.7 Å². The van der Waals surface area contributed by atoms with Gasteiger partial charge in [0.05, 0.1) is 34.1 Å². The fourth-order valence-corrected chi connectivity index (χ4v) is 5.11. The maximum absolute atomic E-state index is 13.7. The molecule has 1 N–H and O–H groups in total. The smallest absolute Gasteiger partial charge is 0.244 e. The van der Waals surface area contributed by atoms with Crippen molar-refractivity contribution >= 4 is 62.3 Å².